The van der Waals surface area contributed by atoms with Gasteiger partial charge in [-0.15, -0.1) is 0 Å². The van der Waals surface area contributed by atoms with Gasteiger partial charge in [-0.05, 0) is 43.5 Å². The van der Waals surface area contributed by atoms with Gasteiger partial charge in [0, 0.05) is 17.6 Å². The number of benzene rings is 1. The van der Waals surface area contributed by atoms with Crippen molar-refractivity contribution in [2.45, 2.75) is 39.7 Å². The Kier molecular flexibility index (Phi) is 3.16. The molecule has 96 valence electrons. The zero-order valence-corrected chi connectivity index (χ0v) is 11.3. The van der Waals surface area contributed by atoms with E-state index in [-0.39, 0.29) is 6.04 Å². The Hall–Kier alpha value is -1.77. The van der Waals surface area contributed by atoms with Crippen LogP contribution in [0.1, 0.15) is 55.6 Å². The van der Waals surface area contributed by atoms with E-state index in [1.807, 2.05) is 16.8 Å². The molecule has 0 saturated carbocycles. The van der Waals surface area contributed by atoms with E-state index in [1.54, 1.807) is 6.07 Å². The molecule has 1 aromatic heterocycles. The monoisotopic (exact) mass is 245 g/mol. The molecule has 3 nitrogen and oxygen atoms in total. The Balaban J connectivity index is 2.80. The van der Waals surface area contributed by atoms with Gasteiger partial charge in [0.25, 0.3) is 0 Å². The molecule has 2 rings (SSSR count). The van der Waals surface area contributed by atoms with Crippen LogP contribution in [0.15, 0.2) is 24.4 Å². The van der Waals surface area contributed by atoms with Crippen molar-refractivity contribution in [1.29, 1.82) is 0 Å². The van der Waals surface area contributed by atoms with Gasteiger partial charge in [-0.2, -0.15) is 0 Å². The van der Waals surface area contributed by atoms with Gasteiger partial charge < -0.3 is 9.67 Å². The van der Waals surface area contributed by atoms with E-state index in [9.17, 15) is 9.90 Å². The number of aromatic nitrogens is 1. The second-order valence-electron chi connectivity index (χ2n) is 5.28. The highest BCUT2D eigenvalue weighted by molar-refractivity contribution is 6.02. The molecule has 0 unspecified atom stereocenters. The number of carbonyl (C=O) groups is 1. The summed E-state index contributed by atoms with van der Waals surface area (Å²) in [6, 6.07) is 6.14. The third-order valence-electron chi connectivity index (χ3n) is 3.29. The minimum atomic E-state index is -0.858. The SMILES string of the molecule is CC(C)c1cc(C(=O)O)c2c(ccn2C(C)C)c1. The Morgan fingerprint density at radius 2 is 1.89 bits per heavy atom. The third-order valence-corrected chi connectivity index (χ3v) is 3.29. The van der Waals surface area contributed by atoms with Gasteiger partial charge in [0.05, 0.1) is 11.1 Å². The van der Waals surface area contributed by atoms with Gasteiger partial charge in [0.15, 0.2) is 0 Å². The maximum Gasteiger partial charge on any atom is 0.337 e. The highest BCUT2D eigenvalue weighted by atomic mass is 16.4. The van der Waals surface area contributed by atoms with Crippen LogP contribution in [0, 0.1) is 0 Å². The van der Waals surface area contributed by atoms with E-state index >= 15 is 0 Å². The molecule has 1 aromatic carbocycles. The van der Waals surface area contributed by atoms with E-state index in [2.05, 4.69) is 33.8 Å². The molecule has 0 spiro atoms. The number of hydrogen-bond donors (Lipinski definition) is 1. The quantitative estimate of drug-likeness (QED) is 0.886. The number of nitrogens with zero attached hydrogens (tertiary/aromatic N) is 1. The largest absolute Gasteiger partial charge is 0.478 e. The van der Waals surface area contributed by atoms with Crippen LogP contribution in [0.2, 0.25) is 0 Å². The third kappa shape index (κ3) is 2.01. The van der Waals surface area contributed by atoms with E-state index in [4.69, 9.17) is 0 Å². The van der Waals surface area contributed by atoms with E-state index in [0.717, 1.165) is 16.5 Å². The van der Waals surface area contributed by atoms with E-state index in [0.29, 0.717) is 11.5 Å². The van der Waals surface area contributed by atoms with E-state index in [1.165, 1.54) is 0 Å². The van der Waals surface area contributed by atoms with E-state index < -0.39 is 5.97 Å². The van der Waals surface area contributed by atoms with Gasteiger partial charge in [0.1, 0.15) is 0 Å². The van der Waals surface area contributed by atoms with Crippen molar-refractivity contribution in [1.82, 2.24) is 4.57 Å². The lowest BCUT2D eigenvalue weighted by molar-refractivity contribution is 0.0698. The van der Waals surface area contributed by atoms with Crippen LogP contribution >= 0.6 is 0 Å². The van der Waals surface area contributed by atoms with Crippen LogP contribution in [0.5, 0.6) is 0 Å². The lowest BCUT2D eigenvalue weighted by Crippen LogP contribution is -2.06. The van der Waals surface area contributed by atoms with Crippen LogP contribution < -0.4 is 0 Å². The second-order valence-corrected chi connectivity index (χ2v) is 5.28. The first kappa shape index (κ1) is 12.7. The first-order valence-electron chi connectivity index (χ1n) is 6.29. The molecule has 0 amide bonds. The van der Waals surface area contributed by atoms with Crippen molar-refractivity contribution in [3.63, 3.8) is 0 Å². The number of aromatic carboxylic acids is 1. The van der Waals surface area contributed by atoms with Gasteiger partial charge >= 0.3 is 5.97 Å². The highest BCUT2D eigenvalue weighted by Crippen LogP contribution is 2.28. The molecular formula is C15H19NO2. The number of carboxylic acid groups (broad SMARTS) is 1. The Morgan fingerprint density at radius 3 is 2.39 bits per heavy atom. The first-order valence-corrected chi connectivity index (χ1v) is 6.29. The fourth-order valence-corrected chi connectivity index (χ4v) is 2.26. The number of fused-ring (bicyclic) bond motifs is 1. The molecule has 0 atom stereocenters. The molecule has 0 bridgehead atoms. The van der Waals surface area contributed by atoms with Crippen LogP contribution in [0.3, 0.4) is 0 Å². The zero-order chi connectivity index (χ0) is 13.4. The Bertz CT molecular complexity index is 594. The fourth-order valence-electron chi connectivity index (χ4n) is 2.26. The summed E-state index contributed by atoms with van der Waals surface area (Å²) in [6.07, 6.45) is 1.96. The van der Waals surface area contributed by atoms with Crippen LogP contribution in [0.4, 0.5) is 0 Å². The summed E-state index contributed by atoms with van der Waals surface area (Å²) in [7, 11) is 0. The van der Waals surface area contributed by atoms with Crippen LogP contribution in [0.25, 0.3) is 10.9 Å². The molecule has 3 heteroatoms. The molecule has 0 radical (unpaired) electrons. The molecule has 0 aliphatic heterocycles. The summed E-state index contributed by atoms with van der Waals surface area (Å²) in [5, 5.41) is 10.4. The van der Waals surface area contributed by atoms with Crippen LogP contribution in [-0.2, 0) is 0 Å². The lowest BCUT2D eigenvalue weighted by Gasteiger charge is -2.13. The second kappa shape index (κ2) is 4.48. The average molecular weight is 245 g/mol. The summed E-state index contributed by atoms with van der Waals surface area (Å²) in [5.41, 5.74) is 2.29. The van der Waals surface area contributed by atoms with Gasteiger partial charge in [0.2, 0.25) is 0 Å². The summed E-state index contributed by atoms with van der Waals surface area (Å²) >= 11 is 0. The topological polar surface area (TPSA) is 42.2 Å². The molecule has 0 fully saturated rings. The minimum absolute atomic E-state index is 0.255. The van der Waals surface area contributed by atoms with Gasteiger partial charge in [-0.1, -0.05) is 13.8 Å². The molecule has 1 N–H and O–H groups in total. The standard InChI is InChI=1S/C15H19NO2/c1-9(2)12-7-11-5-6-16(10(3)4)14(11)13(8-12)15(17)18/h5-10H,1-4H3,(H,17,18). The van der Waals surface area contributed by atoms with Crippen molar-refractivity contribution in [3.05, 3.63) is 35.5 Å². The minimum Gasteiger partial charge on any atom is -0.478 e. The predicted molar refractivity (Wildman–Crippen MR) is 73.4 cm³/mol. The molecule has 0 saturated heterocycles. The van der Waals surface area contributed by atoms with Crippen molar-refractivity contribution in [2.75, 3.05) is 0 Å². The van der Waals surface area contributed by atoms with Crippen molar-refractivity contribution in [2.24, 2.45) is 0 Å². The molecule has 0 aliphatic carbocycles. The van der Waals surface area contributed by atoms with Gasteiger partial charge in [-0.3, -0.25) is 0 Å². The Morgan fingerprint density at radius 1 is 1.22 bits per heavy atom. The maximum atomic E-state index is 11.4. The van der Waals surface area contributed by atoms with Crippen molar-refractivity contribution < 1.29 is 9.90 Å². The summed E-state index contributed by atoms with van der Waals surface area (Å²) in [6.45, 7) is 8.27. The number of hydrogen-bond acceptors (Lipinski definition) is 1. The smallest absolute Gasteiger partial charge is 0.337 e. The van der Waals surface area contributed by atoms with Crippen LogP contribution in [-0.4, -0.2) is 15.6 Å². The molecule has 1 heterocycles. The summed E-state index contributed by atoms with van der Waals surface area (Å²) in [4.78, 5) is 11.4. The molecule has 18 heavy (non-hydrogen) atoms. The maximum absolute atomic E-state index is 11.4. The normalized spacial score (nSPS) is 11.7. The molecular weight excluding hydrogens is 226 g/mol. The Labute approximate surface area is 107 Å². The molecule has 0 aliphatic rings. The molecule has 2 aromatic rings. The highest BCUT2D eigenvalue weighted by Gasteiger charge is 2.16. The number of rotatable bonds is 3. The van der Waals surface area contributed by atoms with Crippen molar-refractivity contribution in [3.8, 4) is 0 Å². The summed E-state index contributed by atoms with van der Waals surface area (Å²) < 4.78 is 2.02. The fraction of sp³-hybridized carbons (Fsp3) is 0.400. The summed E-state index contributed by atoms with van der Waals surface area (Å²) in [5.74, 6) is -0.530. The zero-order valence-electron chi connectivity index (χ0n) is 11.3. The predicted octanol–water partition coefficient (Wildman–Crippen LogP) is 4.04. The van der Waals surface area contributed by atoms with Crippen molar-refractivity contribution >= 4 is 16.9 Å². The average Bonchev–Trinajstić information content (AvgIpc) is 2.70. The number of carboxylic acids is 1. The van der Waals surface area contributed by atoms with Gasteiger partial charge in [-0.25, -0.2) is 4.79 Å². The first-order chi connectivity index (χ1) is 8.41. The lowest BCUT2D eigenvalue weighted by atomic mass is 9.98.